The molecule has 156 valence electrons. The van der Waals surface area contributed by atoms with Crippen molar-refractivity contribution < 1.29 is 14.3 Å². The number of rotatable bonds is 9. The zero-order valence-corrected chi connectivity index (χ0v) is 18.0. The largest absolute Gasteiger partial charge is 0.377 e. The lowest BCUT2D eigenvalue weighted by atomic mass is 10.2. The molecular weight excluding hydrogens is 410 g/mol. The van der Waals surface area contributed by atoms with Crippen LogP contribution in [-0.4, -0.2) is 61.0 Å². The van der Waals surface area contributed by atoms with E-state index >= 15 is 0 Å². The van der Waals surface area contributed by atoms with Crippen LogP contribution in [0, 0.1) is 0 Å². The average Bonchev–Trinajstić information content (AvgIpc) is 3.37. The Bertz CT molecular complexity index is 809. The van der Waals surface area contributed by atoms with Gasteiger partial charge in [-0.05, 0) is 36.4 Å². The van der Waals surface area contributed by atoms with E-state index in [0.29, 0.717) is 23.8 Å². The second-order valence-corrected chi connectivity index (χ2v) is 8.60. The van der Waals surface area contributed by atoms with E-state index in [1.165, 1.54) is 9.78 Å². The maximum atomic E-state index is 12.8. The van der Waals surface area contributed by atoms with E-state index in [2.05, 4.69) is 16.3 Å². The molecule has 0 aliphatic carbocycles. The minimum Gasteiger partial charge on any atom is -0.377 e. The quantitative estimate of drug-likeness (QED) is 0.655. The Morgan fingerprint density at radius 1 is 1.24 bits per heavy atom. The molecule has 3 rings (SSSR count). The average molecular weight is 436 g/mol. The number of hydrogen-bond donors (Lipinski definition) is 1. The number of amides is 2. The molecule has 6 nitrogen and oxygen atoms in total. The molecule has 1 aliphatic heterocycles. The number of anilines is 1. The fourth-order valence-electron chi connectivity index (χ4n) is 3.25. The summed E-state index contributed by atoms with van der Waals surface area (Å²) in [5.74, 6) is -0.383. The minimum atomic E-state index is -0.280. The number of nitrogens with one attached hydrogen (secondary N) is 1. The zero-order chi connectivity index (χ0) is 20.6. The van der Waals surface area contributed by atoms with Crippen molar-refractivity contribution in [3.8, 4) is 0 Å². The number of hydrogen-bond acceptors (Lipinski definition) is 5. The van der Waals surface area contributed by atoms with Crippen LogP contribution in [0.15, 0.2) is 41.8 Å². The number of carbonyl (C=O) groups is 2. The summed E-state index contributed by atoms with van der Waals surface area (Å²) < 4.78 is 5.75. The van der Waals surface area contributed by atoms with E-state index in [0.717, 1.165) is 19.4 Å². The van der Waals surface area contributed by atoms with Crippen LogP contribution in [0.2, 0.25) is 5.02 Å². The molecule has 2 heterocycles. The van der Waals surface area contributed by atoms with Gasteiger partial charge in [-0.3, -0.25) is 14.5 Å². The van der Waals surface area contributed by atoms with E-state index in [1.807, 2.05) is 11.4 Å². The van der Waals surface area contributed by atoms with Crippen molar-refractivity contribution in [1.82, 2.24) is 9.80 Å². The summed E-state index contributed by atoms with van der Waals surface area (Å²) in [7, 11) is 1.64. The fraction of sp³-hybridized carbons (Fsp3) is 0.429. The van der Waals surface area contributed by atoms with E-state index in [9.17, 15) is 9.59 Å². The number of likely N-dealkylation sites (N-methyl/N-ethyl adjacent to an activating group) is 1. The smallest absolute Gasteiger partial charge is 0.244 e. The molecule has 1 saturated heterocycles. The first-order valence-electron chi connectivity index (χ1n) is 9.66. The molecule has 8 heteroatoms. The fourth-order valence-corrected chi connectivity index (χ4v) is 4.18. The highest BCUT2D eigenvalue weighted by atomic mass is 35.5. The summed E-state index contributed by atoms with van der Waals surface area (Å²) in [5, 5.41) is 5.25. The van der Waals surface area contributed by atoms with E-state index in [-0.39, 0.29) is 31.0 Å². The number of halogens is 1. The van der Waals surface area contributed by atoms with Crippen LogP contribution in [-0.2, 0) is 20.9 Å². The number of para-hydroxylation sites is 1. The molecule has 1 aromatic carbocycles. The van der Waals surface area contributed by atoms with Gasteiger partial charge in [0, 0.05) is 31.6 Å². The molecule has 1 unspecified atom stereocenters. The van der Waals surface area contributed by atoms with Crippen LogP contribution < -0.4 is 5.32 Å². The lowest BCUT2D eigenvalue weighted by molar-refractivity contribution is -0.134. The van der Waals surface area contributed by atoms with Crippen molar-refractivity contribution in [3.63, 3.8) is 0 Å². The van der Waals surface area contributed by atoms with Crippen LogP contribution in [0.25, 0.3) is 0 Å². The molecule has 29 heavy (non-hydrogen) atoms. The Morgan fingerprint density at radius 2 is 2.07 bits per heavy atom. The van der Waals surface area contributed by atoms with Gasteiger partial charge >= 0.3 is 0 Å². The molecule has 2 amide bonds. The second-order valence-electron chi connectivity index (χ2n) is 7.16. The first-order chi connectivity index (χ1) is 14.0. The number of nitrogens with zero attached hydrogens (tertiary/aromatic N) is 2. The van der Waals surface area contributed by atoms with Crippen LogP contribution >= 0.6 is 22.9 Å². The molecule has 1 fully saturated rings. The predicted octanol–water partition coefficient (Wildman–Crippen LogP) is 3.48. The molecular formula is C21H26ClN3O3S. The Balaban J connectivity index is 1.54. The molecule has 1 atom stereocenters. The summed E-state index contributed by atoms with van der Waals surface area (Å²) in [4.78, 5) is 29.8. The van der Waals surface area contributed by atoms with Gasteiger partial charge in [0.15, 0.2) is 0 Å². The van der Waals surface area contributed by atoms with E-state index in [1.54, 1.807) is 42.6 Å². The highest BCUT2D eigenvalue weighted by Gasteiger charge is 2.23. The van der Waals surface area contributed by atoms with E-state index in [4.69, 9.17) is 16.3 Å². The Morgan fingerprint density at radius 3 is 2.76 bits per heavy atom. The standard InChI is InChI=1S/C21H26ClN3O3S/c1-24(14-20(26)23-19-9-3-2-8-18(19)22)21(27)15-25(12-16-6-4-10-28-16)13-17-7-5-11-29-17/h2-3,5,7-9,11,16H,4,6,10,12-15H2,1H3,(H,23,26). The van der Waals surface area contributed by atoms with Crippen molar-refractivity contribution in [1.29, 1.82) is 0 Å². The molecule has 0 spiro atoms. The van der Waals surface area contributed by atoms with Gasteiger partial charge in [0.1, 0.15) is 0 Å². The summed E-state index contributed by atoms with van der Waals surface area (Å²) >= 11 is 7.75. The highest BCUT2D eigenvalue weighted by Crippen LogP contribution is 2.20. The SMILES string of the molecule is CN(CC(=O)Nc1ccccc1Cl)C(=O)CN(Cc1cccs1)CC1CCCO1. The highest BCUT2D eigenvalue weighted by molar-refractivity contribution is 7.09. The van der Waals surface area contributed by atoms with Crippen LogP contribution in [0.3, 0.4) is 0 Å². The summed E-state index contributed by atoms with van der Waals surface area (Å²) in [6, 6.07) is 11.1. The molecule has 2 aromatic rings. The second kappa shape index (κ2) is 10.7. The predicted molar refractivity (Wildman–Crippen MR) is 116 cm³/mol. The first-order valence-corrected chi connectivity index (χ1v) is 10.9. The monoisotopic (exact) mass is 435 g/mol. The normalized spacial score (nSPS) is 16.2. The van der Waals surface area contributed by atoms with E-state index < -0.39 is 0 Å². The molecule has 1 N–H and O–H groups in total. The molecule has 0 bridgehead atoms. The van der Waals surface area contributed by atoms with Crippen molar-refractivity contribution >= 4 is 40.4 Å². The van der Waals surface area contributed by atoms with Crippen molar-refractivity contribution in [2.45, 2.75) is 25.5 Å². The number of benzene rings is 1. The van der Waals surface area contributed by atoms with Crippen LogP contribution in [0.1, 0.15) is 17.7 Å². The minimum absolute atomic E-state index is 0.0309. The topological polar surface area (TPSA) is 61.9 Å². The lowest BCUT2D eigenvalue weighted by Crippen LogP contribution is -2.43. The third-order valence-electron chi connectivity index (χ3n) is 4.76. The van der Waals surface area contributed by atoms with Crippen LogP contribution in [0.4, 0.5) is 5.69 Å². The van der Waals surface area contributed by atoms with Gasteiger partial charge in [-0.25, -0.2) is 0 Å². The Kier molecular flexibility index (Phi) is 8.06. The zero-order valence-electron chi connectivity index (χ0n) is 16.5. The van der Waals surface area contributed by atoms with Gasteiger partial charge in [0.25, 0.3) is 0 Å². The maximum absolute atomic E-state index is 12.8. The molecule has 0 radical (unpaired) electrons. The van der Waals surface area contributed by atoms with Crippen LogP contribution in [0.5, 0.6) is 0 Å². The van der Waals surface area contributed by atoms with Gasteiger partial charge in [0.2, 0.25) is 11.8 Å². The lowest BCUT2D eigenvalue weighted by Gasteiger charge is -2.26. The van der Waals surface area contributed by atoms with Crippen molar-refractivity contribution in [3.05, 3.63) is 51.7 Å². The maximum Gasteiger partial charge on any atom is 0.244 e. The van der Waals surface area contributed by atoms with Gasteiger partial charge < -0.3 is 15.0 Å². The van der Waals surface area contributed by atoms with Gasteiger partial charge in [0.05, 0.1) is 29.9 Å². The third-order valence-corrected chi connectivity index (χ3v) is 5.95. The van der Waals surface area contributed by atoms with Gasteiger partial charge in [-0.15, -0.1) is 11.3 Å². The number of carbonyl (C=O) groups excluding carboxylic acids is 2. The third kappa shape index (κ3) is 6.82. The number of ether oxygens (including phenoxy) is 1. The first kappa shape index (κ1) is 21.8. The summed E-state index contributed by atoms with van der Waals surface area (Å²) in [6.07, 6.45) is 2.25. The Labute approximate surface area is 180 Å². The number of thiophene rings is 1. The van der Waals surface area contributed by atoms with Crippen molar-refractivity contribution in [2.24, 2.45) is 0 Å². The molecule has 1 aromatic heterocycles. The molecule has 0 saturated carbocycles. The Hall–Kier alpha value is -1.93. The van der Waals surface area contributed by atoms with Crippen molar-refractivity contribution in [2.75, 3.05) is 38.6 Å². The summed E-state index contributed by atoms with van der Waals surface area (Å²) in [5.41, 5.74) is 0.540. The van der Waals surface area contributed by atoms with Gasteiger partial charge in [-0.2, -0.15) is 0 Å². The molecule has 1 aliphatic rings. The van der Waals surface area contributed by atoms with Gasteiger partial charge in [-0.1, -0.05) is 29.8 Å². The summed E-state index contributed by atoms with van der Waals surface area (Å²) in [6.45, 7) is 2.41.